The van der Waals surface area contributed by atoms with Gasteiger partial charge in [0.1, 0.15) is 0 Å². The molecule has 0 bridgehead atoms. The molecule has 0 spiro atoms. The monoisotopic (exact) mass is 304 g/mol. The summed E-state index contributed by atoms with van der Waals surface area (Å²) in [6.07, 6.45) is 4.49. The molecule has 1 aliphatic rings. The normalized spacial score (nSPS) is 17.1. The molecule has 0 saturated heterocycles. The van der Waals surface area contributed by atoms with Crippen molar-refractivity contribution in [2.75, 3.05) is 12.4 Å². The molecule has 2 aromatic rings. The number of halogens is 1. The lowest BCUT2D eigenvalue weighted by molar-refractivity contribution is 0.0933. The van der Waals surface area contributed by atoms with Crippen LogP contribution in [0.1, 0.15) is 28.0 Å². The van der Waals surface area contributed by atoms with E-state index in [9.17, 15) is 4.79 Å². The number of carbonyl (C=O) groups is 1. The van der Waals surface area contributed by atoms with Crippen molar-refractivity contribution >= 4 is 23.2 Å². The number of fused-ring (bicyclic) bond motifs is 1. The predicted octanol–water partition coefficient (Wildman–Crippen LogP) is 2.39. The predicted molar refractivity (Wildman–Crippen MR) is 82.9 cm³/mol. The van der Waals surface area contributed by atoms with Crippen LogP contribution >= 0.6 is 11.6 Å². The lowest BCUT2D eigenvalue weighted by Gasteiger charge is -2.23. The first-order valence-electron chi connectivity index (χ1n) is 6.96. The van der Waals surface area contributed by atoms with Gasteiger partial charge in [0.15, 0.2) is 0 Å². The summed E-state index contributed by atoms with van der Waals surface area (Å²) in [4.78, 5) is 12.4. The van der Waals surface area contributed by atoms with Crippen molar-refractivity contribution in [3.8, 4) is 0 Å². The number of aryl methyl sites for hydroxylation is 1. The zero-order valence-corrected chi connectivity index (χ0v) is 12.5. The molecule has 1 aromatic heterocycles. The minimum Gasteiger partial charge on any atom is -0.388 e. The summed E-state index contributed by atoms with van der Waals surface area (Å²) in [5, 5.41) is 13.6. The van der Waals surface area contributed by atoms with Gasteiger partial charge in [0.05, 0.1) is 16.8 Å². The lowest BCUT2D eigenvalue weighted by Crippen LogP contribution is -2.38. The molecule has 1 aliphatic carbocycles. The van der Waals surface area contributed by atoms with Crippen LogP contribution in [0.2, 0.25) is 5.02 Å². The van der Waals surface area contributed by atoms with E-state index in [1.165, 1.54) is 5.56 Å². The van der Waals surface area contributed by atoms with Gasteiger partial charge in [-0.3, -0.25) is 9.89 Å². The maximum absolute atomic E-state index is 12.4. The second-order valence-electron chi connectivity index (χ2n) is 5.23. The van der Waals surface area contributed by atoms with Gasteiger partial charge in [-0.15, -0.1) is 0 Å². The highest BCUT2D eigenvalue weighted by Gasteiger charge is 2.22. The van der Waals surface area contributed by atoms with Crippen LogP contribution in [0.5, 0.6) is 0 Å². The SMILES string of the molecule is CNc1ccc(Cl)c(C(=O)NC2CCc3cn[nH]c3C2)c1. The van der Waals surface area contributed by atoms with Crippen LogP contribution in [-0.4, -0.2) is 29.2 Å². The molecule has 1 unspecified atom stereocenters. The van der Waals surface area contributed by atoms with Crippen LogP contribution in [0.15, 0.2) is 24.4 Å². The Morgan fingerprint density at radius 2 is 2.33 bits per heavy atom. The number of benzene rings is 1. The number of H-pyrrole nitrogens is 1. The first kappa shape index (κ1) is 13.9. The second kappa shape index (κ2) is 5.77. The smallest absolute Gasteiger partial charge is 0.253 e. The topological polar surface area (TPSA) is 69.8 Å². The van der Waals surface area contributed by atoms with Gasteiger partial charge >= 0.3 is 0 Å². The van der Waals surface area contributed by atoms with Gasteiger partial charge < -0.3 is 10.6 Å². The molecule has 5 nitrogen and oxygen atoms in total. The van der Waals surface area contributed by atoms with Crippen molar-refractivity contribution in [3.63, 3.8) is 0 Å². The summed E-state index contributed by atoms with van der Waals surface area (Å²) in [6, 6.07) is 5.45. The molecule has 0 radical (unpaired) electrons. The van der Waals surface area contributed by atoms with Crippen molar-refractivity contribution in [1.82, 2.24) is 15.5 Å². The Labute approximate surface area is 128 Å². The molecule has 0 saturated carbocycles. The Kier molecular flexibility index (Phi) is 3.84. The summed E-state index contributed by atoms with van der Waals surface area (Å²) in [6.45, 7) is 0. The summed E-state index contributed by atoms with van der Waals surface area (Å²) >= 11 is 6.12. The molecule has 1 atom stereocenters. The van der Waals surface area contributed by atoms with E-state index in [1.54, 1.807) is 12.1 Å². The minimum absolute atomic E-state index is 0.111. The van der Waals surface area contributed by atoms with Crippen molar-refractivity contribution in [3.05, 3.63) is 46.2 Å². The van der Waals surface area contributed by atoms with Crippen LogP contribution in [0.4, 0.5) is 5.69 Å². The van der Waals surface area contributed by atoms with Crippen molar-refractivity contribution < 1.29 is 4.79 Å². The van der Waals surface area contributed by atoms with Gasteiger partial charge in [-0.2, -0.15) is 5.10 Å². The molecule has 6 heteroatoms. The number of amides is 1. The van der Waals surface area contributed by atoms with E-state index < -0.39 is 0 Å². The number of rotatable bonds is 3. The lowest BCUT2D eigenvalue weighted by atomic mass is 9.93. The van der Waals surface area contributed by atoms with Gasteiger partial charge in [0, 0.05) is 30.9 Å². The maximum atomic E-state index is 12.4. The third-order valence-electron chi connectivity index (χ3n) is 3.86. The van der Waals surface area contributed by atoms with Crippen LogP contribution < -0.4 is 10.6 Å². The van der Waals surface area contributed by atoms with E-state index in [-0.39, 0.29) is 11.9 Å². The van der Waals surface area contributed by atoms with Crippen LogP contribution in [0.3, 0.4) is 0 Å². The van der Waals surface area contributed by atoms with Gasteiger partial charge in [0.25, 0.3) is 5.91 Å². The van der Waals surface area contributed by atoms with E-state index in [0.717, 1.165) is 30.6 Å². The molecular formula is C15H17ClN4O. The quantitative estimate of drug-likeness (QED) is 0.815. The molecule has 3 N–H and O–H groups in total. The highest BCUT2D eigenvalue weighted by Crippen LogP contribution is 2.22. The maximum Gasteiger partial charge on any atom is 0.253 e. The first-order valence-corrected chi connectivity index (χ1v) is 7.34. The Morgan fingerprint density at radius 1 is 1.48 bits per heavy atom. The summed E-state index contributed by atoms with van der Waals surface area (Å²) in [5.74, 6) is -0.134. The molecule has 0 aliphatic heterocycles. The average molecular weight is 305 g/mol. The highest BCUT2D eigenvalue weighted by molar-refractivity contribution is 6.34. The van der Waals surface area contributed by atoms with E-state index in [2.05, 4.69) is 20.8 Å². The van der Waals surface area contributed by atoms with Gasteiger partial charge in [0.2, 0.25) is 0 Å². The number of anilines is 1. The van der Waals surface area contributed by atoms with E-state index >= 15 is 0 Å². The number of aromatic nitrogens is 2. The standard InChI is InChI=1S/C15H17ClN4O/c1-17-10-4-5-13(16)12(6-10)15(21)19-11-3-2-9-8-18-20-14(9)7-11/h4-6,8,11,17H,2-3,7H2,1H3,(H,18,20)(H,19,21). The molecule has 1 heterocycles. The molecule has 1 aromatic carbocycles. The van der Waals surface area contributed by atoms with Crippen molar-refractivity contribution in [2.24, 2.45) is 0 Å². The van der Waals surface area contributed by atoms with Gasteiger partial charge in [-0.25, -0.2) is 0 Å². The van der Waals surface area contributed by atoms with E-state index in [0.29, 0.717) is 10.6 Å². The fourth-order valence-corrected chi connectivity index (χ4v) is 2.85. The Bertz CT molecular complexity index is 667. The fourth-order valence-electron chi connectivity index (χ4n) is 2.65. The Morgan fingerprint density at radius 3 is 3.14 bits per heavy atom. The Balaban J connectivity index is 1.72. The van der Waals surface area contributed by atoms with Gasteiger partial charge in [-0.05, 0) is 36.6 Å². The molecule has 3 rings (SSSR count). The van der Waals surface area contributed by atoms with E-state index in [4.69, 9.17) is 11.6 Å². The number of hydrogen-bond acceptors (Lipinski definition) is 3. The zero-order valence-electron chi connectivity index (χ0n) is 11.7. The van der Waals surface area contributed by atoms with E-state index in [1.807, 2.05) is 19.3 Å². The van der Waals surface area contributed by atoms with Crippen molar-refractivity contribution in [2.45, 2.75) is 25.3 Å². The van der Waals surface area contributed by atoms with Crippen LogP contribution in [0.25, 0.3) is 0 Å². The third-order valence-corrected chi connectivity index (χ3v) is 4.18. The zero-order chi connectivity index (χ0) is 14.8. The largest absolute Gasteiger partial charge is 0.388 e. The van der Waals surface area contributed by atoms with Gasteiger partial charge in [-0.1, -0.05) is 11.6 Å². The minimum atomic E-state index is -0.134. The van der Waals surface area contributed by atoms with Crippen LogP contribution in [0, 0.1) is 0 Å². The molecule has 0 fully saturated rings. The van der Waals surface area contributed by atoms with Crippen LogP contribution in [-0.2, 0) is 12.8 Å². The number of nitrogens with one attached hydrogen (secondary N) is 3. The second-order valence-corrected chi connectivity index (χ2v) is 5.64. The molecule has 1 amide bonds. The molecule has 21 heavy (non-hydrogen) atoms. The molecule has 110 valence electrons. The molecular weight excluding hydrogens is 288 g/mol. The average Bonchev–Trinajstić information content (AvgIpc) is 2.95. The number of aromatic amines is 1. The first-order chi connectivity index (χ1) is 10.2. The summed E-state index contributed by atoms with van der Waals surface area (Å²) in [5.41, 5.74) is 3.72. The number of carbonyl (C=O) groups excluding carboxylic acids is 1. The summed E-state index contributed by atoms with van der Waals surface area (Å²) in [7, 11) is 1.81. The summed E-state index contributed by atoms with van der Waals surface area (Å²) < 4.78 is 0. The number of nitrogens with zero attached hydrogens (tertiary/aromatic N) is 1. The third kappa shape index (κ3) is 2.88. The fraction of sp³-hybridized carbons (Fsp3) is 0.333. The van der Waals surface area contributed by atoms with Crippen molar-refractivity contribution in [1.29, 1.82) is 0 Å². The highest BCUT2D eigenvalue weighted by atomic mass is 35.5. The Hall–Kier alpha value is -2.01. The number of hydrogen-bond donors (Lipinski definition) is 3.